The van der Waals surface area contributed by atoms with E-state index in [1.54, 1.807) is 22.8 Å². The third-order valence-electron chi connectivity index (χ3n) is 5.65. The quantitative estimate of drug-likeness (QED) is 0.558. The Bertz CT molecular complexity index is 927. The summed E-state index contributed by atoms with van der Waals surface area (Å²) in [6.07, 6.45) is 5.19. The van der Waals surface area contributed by atoms with Gasteiger partial charge in [0.2, 0.25) is 0 Å². The standard InChI is InChI=1S/C20H26N2O3S2/c1-11-6-7-15-16(9-11)27-18-17(15)19(24)22(10-14-5-4-8-25-14)20(21-18)26-13(3)12(2)23/h11,13-14H,4-10H2,1-3H3. The minimum atomic E-state index is -0.222. The first-order valence-corrected chi connectivity index (χ1v) is 11.5. The number of aryl methyl sites for hydroxylation is 1. The minimum Gasteiger partial charge on any atom is -0.376 e. The molecule has 4 rings (SSSR count). The maximum absolute atomic E-state index is 13.5. The van der Waals surface area contributed by atoms with E-state index in [-0.39, 0.29) is 22.7 Å². The number of fused-ring (bicyclic) bond motifs is 3. The molecular weight excluding hydrogens is 380 g/mol. The number of nitrogens with zero attached hydrogens (tertiary/aromatic N) is 2. The molecule has 0 amide bonds. The summed E-state index contributed by atoms with van der Waals surface area (Å²) < 4.78 is 7.55. The van der Waals surface area contributed by atoms with Crippen LogP contribution >= 0.6 is 23.1 Å². The van der Waals surface area contributed by atoms with Gasteiger partial charge < -0.3 is 4.74 Å². The molecule has 1 aliphatic heterocycles. The molecule has 2 aromatic heterocycles. The van der Waals surface area contributed by atoms with E-state index in [1.807, 2.05) is 6.92 Å². The Morgan fingerprint density at radius 1 is 1.44 bits per heavy atom. The maximum Gasteiger partial charge on any atom is 0.263 e. The van der Waals surface area contributed by atoms with Gasteiger partial charge in [0.25, 0.3) is 5.56 Å². The third kappa shape index (κ3) is 3.74. The van der Waals surface area contributed by atoms with Crippen LogP contribution < -0.4 is 5.56 Å². The summed E-state index contributed by atoms with van der Waals surface area (Å²) in [6.45, 7) is 7.01. The van der Waals surface area contributed by atoms with Crippen molar-refractivity contribution in [2.45, 2.75) is 75.9 Å². The maximum atomic E-state index is 13.5. The number of thioether (sulfide) groups is 1. The number of aromatic nitrogens is 2. The van der Waals surface area contributed by atoms with Crippen molar-refractivity contribution in [2.24, 2.45) is 5.92 Å². The summed E-state index contributed by atoms with van der Waals surface area (Å²) in [5.41, 5.74) is 1.25. The number of carbonyl (C=O) groups excluding carboxylic acids is 1. The molecule has 5 nitrogen and oxygen atoms in total. The van der Waals surface area contributed by atoms with Crippen LogP contribution in [-0.2, 0) is 28.9 Å². The average molecular weight is 407 g/mol. The molecule has 3 atom stereocenters. The molecule has 2 aromatic rings. The molecule has 1 saturated heterocycles. The number of carbonyl (C=O) groups is 1. The highest BCUT2D eigenvalue weighted by Gasteiger charge is 2.27. The van der Waals surface area contributed by atoms with Gasteiger partial charge in [-0.1, -0.05) is 18.7 Å². The Labute approximate surface area is 167 Å². The topological polar surface area (TPSA) is 61.2 Å². The molecule has 0 bridgehead atoms. The van der Waals surface area contributed by atoms with Gasteiger partial charge >= 0.3 is 0 Å². The molecule has 3 unspecified atom stereocenters. The predicted octanol–water partition coefficient (Wildman–Crippen LogP) is 3.83. The molecule has 3 heterocycles. The first kappa shape index (κ1) is 19.2. The van der Waals surface area contributed by atoms with Crippen LogP contribution in [0.4, 0.5) is 0 Å². The van der Waals surface area contributed by atoms with Gasteiger partial charge in [0.05, 0.1) is 23.3 Å². The SMILES string of the molecule is CC(=O)C(C)Sc1nc2sc3c(c2c(=O)n1CC1CCCO1)CCC(C)C3. The molecule has 0 aromatic carbocycles. The van der Waals surface area contributed by atoms with E-state index in [2.05, 4.69) is 6.92 Å². The van der Waals surface area contributed by atoms with Crippen LogP contribution in [0.25, 0.3) is 10.2 Å². The van der Waals surface area contributed by atoms with Gasteiger partial charge in [0.15, 0.2) is 5.16 Å². The van der Waals surface area contributed by atoms with Crippen LogP contribution in [0.15, 0.2) is 9.95 Å². The number of hydrogen-bond acceptors (Lipinski definition) is 6. The van der Waals surface area contributed by atoms with Crippen molar-refractivity contribution >= 4 is 39.1 Å². The first-order valence-electron chi connectivity index (χ1n) is 9.77. The van der Waals surface area contributed by atoms with E-state index in [0.717, 1.165) is 48.9 Å². The fourth-order valence-electron chi connectivity index (χ4n) is 3.89. The highest BCUT2D eigenvalue weighted by atomic mass is 32.2. The van der Waals surface area contributed by atoms with Gasteiger partial charge in [-0.15, -0.1) is 11.3 Å². The van der Waals surface area contributed by atoms with Crippen molar-refractivity contribution in [1.29, 1.82) is 0 Å². The lowest BCUT2D eigenvalue weighted by molar-refractivity contribution is -0.116. The molecule has 7 heteroatoms. The fourth-order valence-corrected chi connectivity index (χ4v) is 6.23. The number of thiophene rings is 1. The van der Waals surface area contributed by atoms with Crippen molar-refractivity contribution in [3.05, 3.63) is 20.8 Å². The van der Waals surface area contributed by atoms with Crippen molar-refractivity contribution in [1.82, 2.24) is 9.55 Å². The Morgan fingerprint density at radius 3 is 2.96 bits per heavy atom. The third-order valence-corrected chi connectivity index (χ3v) is 8.00. The smallest absolute Gasteiger partial charge is 0.263 e. The van der Waals surface area contributed by atoms with Gasteiger partial charge in [-0.3, -0.25) is 14.2 Å². The van der Waals surface area contributed by atoms with E-state index in [1.165, 1.54) is 22.2 Å². The molecule has 2 aliphatic rings. The molecule has 27 heavy (non-hydrogen) atoms. The lowest BCUT2D eigenvalue weighted by Gasteiger charge is -2.19. The first-order chi connectivity index (χ1) is 12.9. The van der Waals surface area contributed by atoms with Crippen molar-refractivity contribution in [3.8, 4) is 0 Å². The number of hydrogen-bond donors (Lipinski definition) is 0. The summed E-state index contributed by atoms with van der Waals surface area (Å²) in [4.78, 5) is 32.3. The zero-order valence-corrected chi connectivity index (χ0v) is 17.8. The molecule has 0 radical (unpaired) electrons. The molecule has 0 spiro atoms. The second-order valence-corrected chi connectivity index (χ2v) is 10.2. The van der Waals surface area contributed by atoms with Gasteiger partial charge in [0, 0.05) is 11.5 Å². The normalized spacial score (nSPS) is 23.5. The number of ketones is 1. The Morgan fingerprint density at radius 2 is 2.26 bits per heavy atom. The molecule has 1 fully saturated rings. The van der Waals surface area contributed by atoms with Gasteiger partial charge in [-0.2, -0.15) is 0 Å². The van der Waals surface area contributed by atoms with Crippen molar-refractivity contribution in [2.75, 3.05) is 6.61 Å². The monoisotopic (exact) mass is 406 g/mol. The Kier molecular flexibility index (Phi) is 5.45. The van der Waals surface area contributed by atoms with Crippen LogP contribution in [0.5, 0.6) is 0 Å². The van der Waals surface area contributed by atoms with E-state index in [9.17, 15) is 9.59 Å². The van der Waals surface area contributed by atoms with Gasteiger partial charge in [-0.25, -0.2) is 4.98 Å². The number of ether oxygens (including phenoxy) is 1. The summed E-state index contributed by atoms with van der Waals surface area (Å²) >= 11 is 3.06. The van der Waals surface area contributed by atoms with E-state index >= 15 is 0 Å². The zero-order valence-electron chi connectivity index (χ0n) is 16.1. The van der Waals surface area contributed by atoms with Gasteiger partial charge in [0.1, 0.15) is 10.6 Å². The summed E-state index contributed by atoms with van der Waals surface area (Å²) in [5.74, 6) is 0.753. The highest BCUT2D eigenvalue weighted by Crippen LogP contribution is 2.37. The Balaban J connectivity index is 1.83. The van der Waals surface area contributed by atoms with E-state index in [4.69, 9.17) is 9.72 Å². The summed E-state index contributed by atoms with van der Waals surface area (Å²) in [7, 11) is 0. The fraction of sp³-hybridized carbons (Fsp3) is 0.650. The predicted molar refractivity (Wildman–Crippen MR) is 110 cm³/mol. The molecule has 146 valence electrons. The van der Waals surface area contributed by atoms with Gasteiger partial charge in [-0.05, 0) is 57.4 Å². The number of Topliss-reactive ketones (excluding diaryl/α,β-unsaturated/α-hetero) is 1. The van der Waals surface area contributed by atoms with Crippen LogP contribution in [0.3, 0.4) is 0 Å². The molecule has 0 saturated carbocycles. The van der Waals surface area contributed by atoms with Crippen molar-refractivity contribution in [3.63, 3.8) is 0 Å². The van der Waals surface area contributed by atoms with Crippen LogP contribution in [0.1, 0.15) is 50.5 Å². The second kappa shape index (κ2) is 7.68. The molecule has 0 N–H and O–H groups in total. The zero-order chi connectivity index (χ0) is 19.1. The van der Waals surface area contributed by atoms with Crippen LogP contribution in [-0.4, -0.2) is 33.3 Å². The van der Waals surface area contributed by atoms with Crippen LogP contribution in [0.2, 0.25) is 0 Å². The summed E-state index contributed by atoms with van der Waals surface area (Å²) in [5, 5.41) is 1.23. The lowest BCUT2D eigenvalue weighted by Crippen LogP contribution is -2.29. The van der Waals surface area contributed by atoms with E-state index < -0.39 is 0 Å². The van der Waals surface area contributed by atoms with Crippen molar-refractivity contribution < 1.29 is 9.53 Å². The average Bonchev–Trinajstić information content (AvgIpc) is 3.24. The Hall–Kier alpha value is -1.18. The second-order valence-electron chi connectivity index (χ2n) is 7.85. The highest BCUT2D eigenvalue weighted by molar-refractivity contribution is 8.00. The molecular formula is C20H26N2O3S2. The number of rotatable bonds is 5. The van der Waals surface area contributed by atoms with E-state index in [0.29, 0.717) is 17.6 Å². The molecule has 1 aliphatic carbocycles. The minimum absolute atomic E-state index is 0.0424. The van der Waals surface area contributed by atoms with Crippen LogP contribution in [0, 0.1) is 5.92 Å². The largest absolute Gasteiger partial charge is 0.376 e. The summed E-state index contributed by atoms with van der Waals surface area (Å²) in [6, 6.07) is 0. The lowest BCUT2D eigenvalue weighted by atomic mass is 9.89.